The van der Waals surface area contributed by atoms with Gasteiger partial charge in [-0.15, -0.1) is 0 Å². The molecule has 0 saturated heterocycles. The van der Waals surface area contributed by atoms with E-state index >= 15 is 0 Å². The van der Waals surface area contributed by atoms with E-state index in [1.807, 2.05) is 0 Å². The molecule has 7 rings (SSSR count). The lowest BCUT2D eigenvalue weighted by Gasteiger charge is -2.92. The van der Waals surface area contributed by atoms with Crippen LogP contribution in [0.1, 0.15) is 33.1 Å². The maximum absolute atomic E-state index is 10.7. The zero-order valence-electron chi connectivity index (χ0n) is 13.2. The summed E-state index contributed by atoms with van der Waals surface area (Å²) in [6.07, 6.45) is 4.50. The van der Waals surface area contributed by atoms with Gasteiger partial charge in [0.15, 0.2) is 0 Å². The number of fused-ring (bicyclic) bond motifs is 16. The van der Waals surface area contributed by atoms with Gasteiger partial charge in [-0.3, -0.25) is 0 Å². The standard InChI is InChI=1S/C20H28O/c1-3-6(2)9-12-15-16-13-10-7-4-5-8(7)11(10)14(13)17(16)18(15)19(12)20(9)21/h6-21H,3-5H2,1-2H3/t6-,7?,8?,9?,10?,11?,12?,13?,14?,15?,16?,17?,18?,19?,20?/m1/s1. The fourth-order valence-electron chi connectivity index (χ4n) is 9.86. The summed E-state index contributed by atoms with van der Waals surface area (Å²) in [5, 5.41) is 10.7. The Kier molecular flexibility index (Phi) is 1.71. The quantitative estimate of drug-likeness (QED) is 0.772. The molecule has 1 heteroatoms. The summed E-state index contributed by atoms with van der Waals surface area (Å²) in [6, 6.07) is 0. The molecule has 1 N–H and O–H groups in total. The van der Waals surface area contributed by atoms with Gasteiger partial charge in [-0.1, -0.05) is 20.3 Å². The molecule has 0 bridgehead atoms. The molecule has 0 radical (unpaired) electrons. The largest absolute Gasteiger partial charge is 0.393 e. The molecule has 0 aliphatic heterocycles. The lowest BCUT2D eigenvalue weighted by molar-refractivity contribution is -0.462. The maximum atomic E-state index is 10.7. The minimum absolute atomic E-state index is 0.0833. The van der Waals surface area contributed by atoms with Crippen LogP contribution in [0, 0.1) is 82.9 Å². The molecule has 1 nitrogen and oxygen atoms in total. The lowest BCUT2D eigenvalue weighted by Crippen LogP contribution is -2.90. The lowest BCUT2D eigenvalue weighted by atomic mass is 9.12. The molecule has 7 fully saturated rings. The Morgan fingerprint density at radius 3 is 1.76 bits per heavy atom. The van der Waals surface area contributed by atoms with Crippen LogP contribution in [0.2, 0.25) is 0 Å². The molecule has 0 aromatic rings. The number of hydrogen-bond donors (Lipinski definition) is 1. The fraction of sp³-hybridized carbons (Fsp3) is 1.00. The van der Waals surface area contributed by atoms with Gasteiger partial charge in [-0.05, 0) is 95.7 Å². The van der Waals surface area contributed by atoms with Crippen LogP contribution in [0.3, 0.4) is 0 Å². The first kappa shape index (κ1) is 11.5. The Balaban J connectivity index is 1.16. The highest BCUT2D eigenvalue weighted by molar-refractivity contribution is 5.35. The number of hydrogen-bond acceptors (Lipinski definition) is 1. The zero-order chi connectivity index (χ0) is 13.8. The van der Waals surface area contributed by atoms with Crippen molar-refractivity contribution in [1.29, 1.82) is 0 Å². The first-order valence-corrected chi connectivity index (χ1v) is 9.93. The van der Waals surface area contributed by atoms with Gasteiger partial charge in [0.25, 0.3) is 0 Å². The Labute approximate surface area is 127 Å². The van der Waals surface area contributed by atoms with Gasteiger partial charge < -0.3 is 5.11 Å². The molecule has 15 atom stereocenters. The predicted molar refractivity (Wildman–Crippen MR) is 80.1 cm³/mol. The van der Waals surface area contributed by atoms with E-state index in [0.29, 0.717) is 5.92 Å². The molecule has 0 amide bonds. The van der Waals surface area contributed by atoms with E-state index in [9.17, 15) is 5.11 Å². The second-order valence-corrected chi connectivity index (χ2v) is 10.1. The number of rotatable bonds is 2. The zero-order valence-corrected chi connectivity index (χ0v) is 13.2. The smallest absolute Gasteiger partial charge is 0.0607 e. The molecular weight excluding hydrogens is 256 g/mol. The summed E-state index contributed by atoms with van der Waals surface area (Å²) in [5.41, 5.74) is 0. The van der Waals surface area contributed by atoms with E-state index in [2.05, 4.69) is 13.8 Å². The second kappa shape index (κ2) is 3.12. The summed E-state index contributed by atoms with van der Waals surface area (Å²) >= 11 is 0. The summed E-state index contributed by atoms with van der Waals surface area (Å²) < 4.78 is 0. The van der Waals surface area contributed by atoms with Crippen molar-refractivity contribution in [3.8, 4) is 0 Å². The van der Waals surface area contributed by atoms with Crippen molar-refractivity contribution in [1.82, 2.24) is 0 Å². The van der Waals surface area contributed by atoms with Crippen LogP contribution in [0.5, 0.6) is 0 Å². The van der Waals surface area contributed by atoms with E-state index in [-0.39, 0.29) is 6.10 Å². The molecule has 0 aromatic heterocycles. The van der Waals surface area contributed by atoms with Gasteiger partial charge in [0.2, 0.25) is 0 Å². The first-order chi connectivity index (χ1) is 10.3. The SMILES string of the molecule is CC[C@@H](C)C1C(O)C2C3C4C5C6C7CCC7C6C5C4C3C21. The van der Waals surface area contributed by atoms with Crippen molar-refractivity contribution in [2.24, 2.45) is 82.9 Å². The van der Waals surface area contributed by atoms with Crippen LogP contribution in [0.4, 0.5) is 0 Å². The normalized spacial score (nSPS) is 77.9. The van der Waals surface area contributed by atoms with Crippen molar-refractivity contribution >= 4 is 0 Å². The van der Waals surface area contributed by atoms with Gasteiger partial charge in [-0.2, -0.15) is 0 Å². The second-order valence-electron chi connectivity index (χ2n) is 10.1. The van der Waals surface area contributed by atoms with Crippen LogP contribution >= 0.6 is 0 Å². The number of aliphatic hydroxyl groups is 1. The molecule has 7 aliphatic rings. The van der Waals surface area contributed by atoms with Gasteiger partial charge in [0, 0.05) is 0 Å². The van der Waals surface area contributed by atoms with E-state index in [1.54, 1.807) is 12.8 Å². The van der Waals surface area contributed by atoms with Gasteiger partial charge in [0.1, 0.15) is 0 Å². The summed E-state index contributed by atoms with van der Waals surface area (Å²) in [6.45, 7) is 4.70. The fourth-order valence-corrected chi connectivity index (χ4v) is 9.86. The van der Waals surface area contributed by atoms with E-state index in [1.165, 1.54) is 41.9 Å². The van der Waals surface area contributed by atoms with Crippen molar-refractivity contribution in [2.45, 2.75) is 39.2 Å². The summed E-state index contributed by atoms with van der Waals surface area (Å²) in [7, 11) is 0. The molecule has 114 valence electrons. The van der Waals surface area contributed by atoms with Crippen molar-refractivity contribution < 1.29 is 5.11 Å². The van der Waals surface area contributed by atoms with E-state index < -0.39 is 0 Å². The predicted octanol–water partition coefficient (Wildman–Crippen LogP) is 3.28. The highest BCUT2D eigenvalue weighted by Gasteiger charge is 2.88. The molecule has 0 spiro atoms. The average molecular weight is 284 g/mol. The average Bonchev–Trinajstić information content (AvgIpc) is 2.43. The minimum atomic E-state index is 0.0833. The van der Waals surface area contributed by atoms with Crippen molar-refractivity contribution in [3.63, 3.8) is 0 Å². The third-order valence-corrected chi connectivity index (χ3v) is 10.7. The molecule has 14 unspecified atom stereocenters. The van der Waals surface area contributed by atoms with Crippen LogP contribution in [-0.2, 0) is 0 Å². The summed E-state index contributed by atoms with van der Waals surface area (Å²) in [5.74, 6) is 14.6. The first-order valence-electron chi connectivity index (χ1n) is 9.93. The minimum Gasteiger partial charge on any atom is -0.393 e. The van der Waals surface area contributed by atoms with Crippen LogP contribution < -0.4 is 0 Å². The highest BCUT2D eigenvalue weighted by Crippen LogP contribution is 2.91. The molecule has 7 aliphatic carbocycles. The molecule has 0 aromatic carbocycles. The van der Waals surface area contributed by atoms with Crippen LogP contribution in [-0.4, -0.2) is 11.2 Å². The van der Waals surface area contributed by atoms with E-state index in [4.69, 9.17) is 0 Å². The van der Waals surface area contributed by atoms with Crippen LogP contribution in [0.15, 0.2) is 0 Å². The van der Waals surface area contributed by atoms with Crippen molar-refractivity contribution in [3.05, 3.63) is 0 Å². The van der Waals surface area contributed by atoms with Gasteiger partial charge >= 0.3 is 0 Å². The molecule has 7 saturated carbocycles. The summed E-state index contributed by atoms with van der Waals surface area (Å²) in [4.78, 5) is 0. The monoisotopic (exact) mass is 284 g/mol. The van der Waals surface area contributed by atoms with Crippen molar-refractivity contribution in [2.75, 3.05) is 0 Å². The third-order valence-electron chi connectivity index (χ3n) is 10.7. The van der Waals surface area contributed by atoms with Gasteiger partial charge in [0.05, 0.1) is 6.10 Å². The Hall–Kier alpha value is -0.0400. The maximum Gasteiger partial charge on any atom is 0.0607 e. The number of aliphatic hydroxyl groups excluding tert-OH is 1. The Bertz CT molecular complexity index is 542. The Morgan fingerprint density at radius 2 is 1.24 bits per heavy atom. The highest BCUT2D eigenvalue weighted by atomic mass is 16.3. The van der Waals surface area contributed by atoms with Gasteiger partial charge in [-0.25, -0.2) is 0 Å². The molecule has 21 heavy (non-hydrogen) atoms. The van der Waals surface area contributed by atoms with E-state index in [0.717, 1.165) is 41.4 Å². The van der Waals surface area contributed by atoms with Crippen LogP contribution in [0.25, 0.3) is 0 Å². The Morgan fingerprint density at radius 1 is 0.762 bits per heavy atom. The topological polar surface area (TPSA) is 20.2 Å². The molecular formula is C20H28O. The third kappa shape index (κ3) is 0.851. The molecule has 0 heterocycles.